The Morgan fingerprint density at radius 3 is 2.70 bits per heavy atom. The highest BCUT2D eigenvalue weighted by molar-refractivity contribution is 9.09. The van der Waals surface area contributed by atoms with E-state index in [9.17, 15) is 4.79 Å². The average molecular weight is 334 g/mol. The number of nitrogens with one attached hydrogen (secondary N) is 1. The minimum absolute atomic E-state index is 0.110. The molecule has 1 aromatic rings. The van der Waals surface area contributed by atoms with E-state index in [0.29, 0.717) is 4.83 Å². The lowest BCUT2D eigenvalue weighted by Gasteiger charge is -2.18. The number of anilines is 1. The van der Waals surface area contributed by atoms with Crippen LogP contribution in [0.5, 0.6) is 0 Å². The zero-order chi connectivity index (χ0) is 14.1. The second kappa shape index (κ2) is 4.09. The highest BCUT2D eigenvalue weighted by Crippen LogP contribution is 2.64. The van der Waals surface area contributed by atoms with E-state index in [0.717, 1.165) is 29.0 Å². The lowest BCUT2D eigenvalue weighted by Crippen LogP contribution is -2.26. The maximum absolute atomic E-state index is 12.0. The van der Waals surface area contributed by atoms with Gasteiger partial charge in [-0.1, -0.05) is 34.5 Å². The van der Waals surface area contributed by atoms with Gasteiger partial charge >= 0.3 is 0 Å². The summed E-state index contributed by atoms with van der Waals surface area (Å²) in [4.78, 5) is 12.5. The summed E-state index contributed by atoms with van der Waals surface area (Å²) < 4.78 is 0. The molecular weight excluding hydrogens is 314 g/mol. The molecule has 2 saturated carbocycles. The number of amides is 1. The molecule has 0 radical (unpaired) electrons. The van der Waals surface area contributed by atoms with Crippen LogP contribution in [0.15, 0.2) is 18.2 Å². The van der Waals surface area contributed by atoms with Gasteiger partial charge in [-0.05, 0) is 61.6 Å². The molecular formula is C17H20BrNO. The summed E-state index contributed by atoms with van der Waals surface area (Å²) in [6.45, 7) is 4.01. The van der Waals surface area contributed by atoms with Crippen molar-refractivity contribution in [3.8, 4) is 0 Å². The highest BCUT2D eigenvalue weighted by Gasteiger charge is 2.55. The Balaban J connectivity index is 1.65. The fourth-order valence-corrected chi connectivity index (χ4v) is 5.36. The Morgan fingerprint density at radius 2 is 2.00 bits per heavy atom. The number of benzene rings is 1. The SMILES string of the molecule is CC1(C)C(=O)Nc2ccc(C(Br)C3C4CCCC43)cc21. The molecule has 2 nitrogen and oxygen atoms in total. The summed E-state index contributed by atoms with van der Waals surface area (Å²) in [5, 5.41) is 2.98. The summed E-state index contributed by atoms with van der Waals surface area (Å²) in [5.74, 6) is 2.81. The van der Waals surface area contributed by atoms with Gasteiger partial charge in [0.05, 0.1) is 5.41 Å². The van der Waals surface area contributed by atoms with Gasteiger partial charge < -0.3 is 5.32 Å². The molecule has 2 fully saturated rings. The maximum Gasteiger partial charge on any atom is 0.234 e. The molecule has 2 aliphatic carbocycles. The first-order chi connectivity index (χ1) is 9.50. The van der Waals surface area contributed by atoms with E-state index in [-0.39, 0.29) is 5.91 Å². The first kappa shape index (κ1) is 12.9. The molecule has 3 atom stereocenters. The van der Waals surface area contributed by atoms with Gasteiger partial charge in [-0.2, -0.15) is 0 Å². The number of alkyl halides is 1. The smallest absolute Gasteiger partial charge is 0.234 e. The van der Waals surface area contributed by atoms with E-state index in [2.05, 4.69) is 39.4 Å². The second-order valence-electron chi connectivity index (χ2n) is 7.12. The Morgan fingerprint density at radius 1 is 1.30 bits per heavy atom. The Bertz CT molecular complexity index is 585. The average Bonchev–Trinajstić information content (AvgIpc) is 2.79. The molecule has 3 aliphatic rings. The molecule has 20 heavy (non-hydrogen) atoms. The molecule has 0 spiro atoms. The van der Waals surface area contributed by atoms with Crippen LogP contribution in [0.1, 0.15) is 49.1 Å². The molecule has 3 heteroatoms. The molecule has 0 saturated heterocycles. The molecule has 0 aromatic heterocycles. The van der Waals surface area contributed by atoms with Gasteiger partial charge in [0.15, 0.2) is 0 Å². The van der Waals surface area contributed by atoms with Gasteiger partial charge in [-0.15, -0.1) is 0 Å². The van der Waals surface area contributed by atoms with Gasteiger partial charge in [0, 0.05) is 10.5 Å². The largest absolute Gasteiger partial charge is 0.325 e. The Labute approximate surface area is 128 Å². The number of halogens is 1. The Kier molecular flexibility index (Phi) is 2.64. The third kappa shape index (κ3) is 1.65. The molecule has 3 unspecified atom stereocenters. The van der Waals surface area contributed by atoms with Crippen molar-refractivity contribution in [1.29, 1.82) is 0 Å². The van der Waals surface area contributed by atoms with E-state index in [4.69, 9.17) is 0 Å². The van der Waals surface area contributed by atoms with E-state index in [1.54, 1.807) is 0 Å². The van der Waals surface area contributed by atoms with Crippen LogP contribution in [0.4, 0.5) is 5.69 Å². The predicted octanol–water partition coefficient (Wildman–Crippen LogP) is 4.40. The van der Waals surface area contributed by atoms with Crippen LogP contribution in [0.25, 0.3) is 0 Å². The van der Waals surface area contributed by atoms with E-state index >= 15 is 0 Å². The number of carbonyl (C=O) groups is 1. The monoisotopic (exact) mass is 333 g/mol. The van der Waals surface area contributed by atoms with Crippen LogP contribution in [-0.4, -0.2) is 5.91 Å². The Hall–Kier alpha value is -0.830. The van der Waals surface area contributed by atoms with Crippen LogP contribution >= 0.6 is 15.9 Å². The quantitative estimate of drug-likeness (QED) is 0.798. The lowest BCUT2D eigenvalue weighted by atomic mass is 9.85. The molecule has 4 rings (SSSR count). The number of carbonyl (C=O) groups excluding carboxylic acids is 1. The fraction of sp³-hybridized carbons (Fsp3) is 0.588. The van der Waals surface area contributed by atoms with E-state index in [1.165, 1.54) is 24.8 Å². The molecule has 1 aliphatic heterocycles. The fourth-order valence-electron chi connectivity index (χ4n) is 4.29. The van der Waals surface area contributed by atoms with Crippen LogP contribution in [0.2, 0.25) is 0 Å². The molecule has 1 N–H and O–H groups in total. The number of hydrogen-bond donors (Lipinski definition) is 1. The van der Waals surface area contributed by atoms with E-state index in [1.807, 2.05) is 13.8 Å². The van der Waals surface area contributed by atoms with Crippen molar-refractivity contribution in [3.63, 3.8) is 0 Å². The van der Waals surface area contributed by atoms with Gasteiger partial charge in [-0.25, -0.2) is 0 Å². The highest BCUT2D eigenvalue weighted by atomic mass is 79.9. The third-order valence-electron chi connectivity index (χ3n) is 5.66. The minimum atomic E-state index is -0.405. The minimum Gasteiger partial charge on any atom is -0.325 e. The molecule has 0 bridgehead atoms. The van der Waals surface area contributed by atoms with Gasteiger partial charge in [-0.3, -0.25) is 4.79 Å². The standard InChI is InChI=1S/C17H20BrNO/c1-17(2)12-8-9(6-7-13(12)19-16(17)20)15(18)14-10-4-3-5-11(10)14/h6-8,10-11,14-15H,3-5H2,1-2H3,(H,19,20). The van der Waals surface area contributed by atoms with Crippen molar-refractivity contribution < 1.29 is 4.79 Å². The van der Waals surface area contributed by atoms with Gasteiger partial charge in [0.2, 0.25) is 5.91 Å². The first-order valence-electron chi connectivity index (χ1n) is 7.60. The van der Waals surface area contributed by atoms with Crippen molar-refractivity contribution in [1.82, 2.24) is 0 Å². The third-order valence-corrected chi connectivity index (χ3v) is 6.80. The summed E-state index contributed by atoms with van der Waals surface area (Å²) in [5.41, 5.74) is 3.07. The van der Waals surface area contributed by atoms with Crippen molar-refractivity contribution in [2.75, 3.05) is 5.32 Å². The lowest BCUT2D eigenvalue weighted by molar-refractivity contribution is -0.119. The number of rotatable bonds is 2. The summed E-state index contributed by atoms with van der Waals surface area (Å²) in [6, 6.07) is 6.48. The number of hydrogen-bond acceptors (Lipinski definition) is 1. The predicted molar refractivity (Wildman–Crippen MR) is 84.1 cm³/mol. The molecule has 106 valence electrons. The summed E-state index contributed by atoms with van der Waals surface area (Å²) in [6.07, 6.45) is 4.24. The van der Waals surface area contributed by atoms with Gasteiger partial charge in [0.1, 0.15) is 0 Å². The van der Waals surface area contributed by atoms with Crippen molar-refractivity contribution >= 4 is 27.5 Å². The van der Waals surface area contributed by atoms with Crippen molar-refractivity contribution in [2.24, 2.45) is 17.8 Å². The summed E-state index contributed by atoms with van der Waals surface area (Å²) >= 11 is 3.92. The second-order valence-corrected chi connectivity index (χ2v) is 8.11. The maximum atomic E-state index is 12.0. The first-order valence-corrected chi connectivity index (χ1v) is 8.51. The van der Waals surface area contributed by atoms with Crippen LogP contribution < -0.4 is 5.32 Å². The molecule has 1 amide bonds. The summed E-state index contributed by atoms with van der Waals surface area (Å²) in [7, 11) is 0. The normalized spacial score (nSPS) is 34.4. The van der Waals surface area contributed by atoms with Crippen LogP contribution in [-0.2, 0) is 10.2 Å². The van der Waals surface area contributed by atoms with Crippen molar-refractivity contribution in [3.05, 3.63) is 29.3 Å². The molecule has 1 heterocycles. The topological polar surface area (TPSA) is 29.1 Å². The van der Waals surface area contributed by atoms with Gasteiger partial charge in [0.25, 0.3) is 0 Å². The van der Waals surface area contributed by atoms with Crippen LogP contribution in [0.3, 0.4) is 0 Å². The van der Waals surface area contributed by atoms with Crippen LogP contribution in [0, 0.1) is 17.8 Å². The van der Waals surface area contributed by atoms with E-state index < -0.39 is 5.41 Å². The molecule has 1 aromatic carbocycles. The zero-order valence-corrected chi connectivity index (χ0v) is 13.5. The van der Waals surface area contributed by atoms with Crippen molar-refractivity contribution in [2.45, 2.75) is 43.4 Å². The zero-order valence-electron chi connectivity index (χ0n) is 11.9. The number of fused-ring (bicyclic) bond motifs is 2.